The van der Waals surface area contributed by atoms with E-state index >= 15 is 0 Å². The van der Waals surface area contributed by atoms with Gasteiger partial charge in [0.05, 0.1) is 10.9 Å². The first-order valence-corrected chi connectivity index (χ1v) is 4.99. The molecule has 0 N–H and O–H groups in total. The van der Waals surface area contributed by atoms with Crippen molar-refractivity contribution >= 4 is 16.7 Å². The highest BCUT2D eigenvalue weighted by atomic mass is 16.1. The van der Waals surface area contributed by atoms with Crippen LogP contribution in [0.15, 0.2) is 29.1 Å². The van der Waals surface area contributed by atoms with Crippen molar-refractivity contribution in [2.45, 2.75) is 6.92 Å². The monoisotopic (exact) mass is 214 g/mol. The molecule has 0 saturated carbocycles. The molecule has 0 radical (unpaired) electrons. The van der Waals surface area contributed by atoms with Crippen LogP contribution >= 0.6 is 0 Å². The minimum absolute atomic E-state index is 0.121. The predicted octanol–water partition coefficient (Wildman–Crippen LogP) is 0.890. The lowest BCUT2D eigenvalue weighted by molar-refractivity contribution is 0.845. The number of hydrogen-bond donors (Lipinski definition) is 0. The van der Waals surface area contributed by atoms with E-state index in [0.29, 0.717) is 17.0 Å². The van der Waals surface area contributed by atoms with Crippen molar-refractivity contribution in [1.82, 2.24) is 19.2 Å². The Kier molecular flexibility index (Phi) is 1.65. The zero-order valence-corrected chi connectivity index (χ0v) is 9.01. The molecule has 5 heteroatoms. The van der Waals surface area contributed by atoms with E-state index in [2.05, 4.69) is 10.1 Å². The van der Waals surface area contributed by atoms with E-state index in [1.54, 1.807) is 13.0 Å². The van der Waals surface area contributed by atoms with Gasteiger partial charge in [-0.3, -0.25) is 4.79 Å². The van der Waals surface area contributed by atoms with Crippen LogP contribution in [-0.2, 0) is 7.05 Å². The molecule has 3 rings (SSSR count). The van der Waals surface area contributed by atoms with Gasteiger partial charge in [-0.25, -0.2) is 0 Å². The maximum Gasteiger partial charge on any atom is 0.283 e. The summed E-state index contributed by atoms with van der Waals surface area (Å²) in [5.74, 6) is 1.17. The largest absolute Gasteiger partial charge is 0.313 e. The molecule has 0 saturated heterocycles. The molecule has 16 heavy (non-hydrogen) atoms. The second-order valence-electron chi connectivity index (χ2n) is 3.75. The van der Waals surface area contributed by atoms with E-state index in [1.807, 2.05) is 29.8 Å². The van der Waals surface area contributed by atoms with Gasteiger partial charge in [0, 0.05) is 7.05 Å². The second-order valence-corrected chi connectivity index (χ2v) is 3.75. The first-order valence-electron chi connectivity index (χ1n) is 4.99. The lowest BCUT2D eigenvalue weighted by atomic mass is 10.2. The molecule has 5 nitrogen and oxygen atoms in total. The molecule has 80 valence electrons. The molecule has 0 aliphatic rings. The number of aryl methyl sites for hydroxylation is 2. The van der Waals surface area contributed by atoms with Gasteiger partial charge in [0.2, 0.25) is 5.78 Å². The van der Waals surface area contributed by atoms with Crippen LogP contribution in [0.5, 0.6) is 0 Å². The Morgan fingerprint density at radius 1 is 1.25 bits per heavy atom. The van der Waals surface area contributed by atoms with Crippen molar-refractivity contribution in [3.05, 3.63) is 40.4 Å². The van der Waals surface area contributed by atoms with Crippen molar-refractivity contribution in [3.8, 4) is 0 Å². The van der Waals surface area contributed by atoms with E-state index in [1.165, 1.54) is 4.52 Å². The number of aromatic nitrogens is 4. The smallest absolute Gasteiger partial charge is 0.283 e. The van der Waals surface area contributed by atoms with Crippen LogP contribution in [0.2, 0.25) is 0 Å². The molecule has 1 aromatic carbocycles. The summed E-state index contributed by atoms with van der Waals surface area (Å²) in [6, 6.07) is 7.45. The summed E-state index contributed by atoms with van der Waals surface area (Å²) in [6.07, 6.45) is 0. The van der Waals surface area contributed by atoms with Crippen LogP contribution in [0.25, 0.3) is 16.7 Å². The Morgan fingerprint density at radius 3 is 2.81 bits per heavy atom. The Hall–Kier alpha value is -2.17. The van der Waals surface area contributed by atoms with Crippen molar-refractivity contribution in [2.75, 3.05) is 0 Å². The Bertz CT molecular complexity index is 754. The summed E-state index contributed by atoms with van der Waals surface area (Å²) < 4.78 is 3.22. The molecule has 0 spiro atoms. The Labute approximate surface area is 91.0 Å². The van der Waals surface area contributed by atoms with Crippen molar-refractivity contribution in [3.63, 3.8) is 0 Å². The predicted molar refractivity (Wildman–Crippen MR) is 60.5 cm³/mol. The third kappa shape index (κ3) is 1.02. The fourth-order valence-electron chi connectivity index (χ4n) is 1.93. The average Bonchev–Trinajstić information content (AvgIpc) is 2.68. The normalized spacial score (nSPS) is 11.4. The molecule has 0 bridgehead atoms. The van der Waals surface area contributed by atoms with Crippen molar-refractivity contribution in [2.24, 2.45) is 7.05 Å². The fraction of sp³-hybridized carbons (Fsp3) is 0.182. The number of hydrogen-bond acceptors (Lipinski definition) is 3. The maximum absolute atomic E-state index is 12.1. The quantitative estimate of drug-likeness (QED) is 0.558. The molecule has 0 unspecified atom stereocenters. The molecule has 0 aliphatic carbocycles. The third-order valence-corrected chi connectivity index (χ3v) is 2.68. The van der Waals surface area contributed by atoms with Gasteiger partial charge in [-0.2, -0.15) is 9.50 Å². The number of rotatable bonds is 0. The van der Waals surface area contributed by atoms with Crippen LogP contribution in [0.4, 0.5) is 0 Å². The molecule has 0 fully saturated rings. The minimum atomic E-state index is -0.121. The van der Waals surface area contributed by atoms with Gasteiger partial charge in [0.1, 0.15) is 5.82 Å². The van der Waals surface area contributed by atoms with Gasteiger partial charge in [-0.15, -0.1) is 5.10 Å². The van der Waals surface area contributed by atoms with Crippen LogP contribution < -0.4 is 5.56 Å². The average molecular weight is 214 g/mol. The molecular formula is C11H10N4O. The van der Waals surface area contributed by atoms with Gasteiger partial charge in [0.15, 0.2) is 0 Å². The first-order chi connectivity index (χ1) is 7.68. The van der Waals surface area contributed by atoms with Crippen molar-refractivity contribution < 1.29 is 0 Å². The lowest BCUT2D eigenvalue weighted by Gasteiger charge is -2.05. The van der Waals surface area contributed by atoms with Gasteiger partial charge in [-0.1, -0.05) is 12.1 Å². The zero-order valence-electron chi connectivity index (χ0n) is 9.01. The summed E-state index contributed by atoms with van der Waals surface area (Å²) >= 11 is 0. The number of fused-ring (bicyclic) bond motifs is 2. The molecule has 3 aromatic rings. The van der Waals surface area contributed by atoms with E-state index in [9.17, 15) is 4.79 Å². The number of para-hydroxylation sites is 1. The van der Waals surface area contributed by atoms with Crippen LogP contribution in [0.3, 0.4) is 0 Å². The SMILES string of the molecule is Cc1nc2n(C)c3ccccc3c(=O)n2n1. The summed E-state index contributed by atoms with van der Waals surface area (Å²) in [5.41, 5.74) is 0.747. The molecule has 0 atom stereocenters. The first kappa shape index (κ1) is 9.08. The van der Waals surface area contributed by atoms with Gasteiger partial charge in [-0.05, 0) is 19.1 Å². The van der Waals surface area contributed by atoms with E-state index in [4.69, 9.17) is 0 Å². The Morgan fingerprint density at radius 2 is 2.00 bits per heavy atom. The van der Waals surface area contributed by atoms with E-state index in [-0.39, 0.29) is 5.56 Å². The zero-order chi connectivity index (χ0) is 11.3. The van der Waals surface area contributed by atoms with Crippen LogP contribution in [0, 0.1) is 6.92 Å². The summed E-state index contributed by atoms with van der Waals surface area (Å²) in [6.45, 7) is 1.77. The lowest BCUT2D eigenvalue weighted by Crippen LogP contribution is -2.18. The fourth-order valence-corrected chi connectivity index (χ4v) is 1.93. The molecule has 2 heterocycles. The summed E-state index contributed by atoms with van der Waals surface area (Å²) in [7, 11) is 1.88. The van der Waals surface area contributed by atoms with Crippen LogP contribution in [0.1, 0.15) is 5.82 Å². The number of nitrogens with zero attached hydrogens (tertiary/aromatic N) is 4. The second kappa shape index (κ2) is 2.91. The summed E-state index contributed by atoms with van der Waals surface area (Å²) in [4.78, 5) is 16.3. The van der Waals surface area contributed by atoms with E-state index < -0.39 is 0 Å². The highest BCUT2D eigenvalue weighted by Crippen LogP contribution is 2.10. The molecule has 0 aliphatic heterocycles. The number of benzene rings is 1. The third-order valence-electron chi connectivity index (χ3n) is 2.68. The Balaban J connectivity index is 2.71. The van der Waals surface area contributed by atoms with Gasteiger partial charge >= 0.3 is 0 Å². The van der Waals surface area contributed by atoms with Gasteiger partial charge < -0.3 is 4.57 Å². The standard InChI is InChI=1S/C11H10N4O/c1-7-12-11-14(2)9-6-4-3-5-8(9)10(16)15(11)13-7/h3-6H,1-2H3. The minimum Gasteiger partial charge on any atom is -0.313 e. The van der Waals surface area contributed by atoms with E-state index in [0.717, 1.165) is 5.52 Å². The van der Waals surface area contributed by atoms with Gasteiger partial charge in [0.25, 0.3) is 5.56 Å². The molecule has 2 aromatic heterocycles. The maximum atomic E-state index is 12.1. The molecular weight excluding hydrogens is 204 g/mol. The topological polar surface area (TPSA) is 52.2 Å². The highest BCUT2D eigenvalue weighted by molar-refractivity contribution is 5.79. The highest BCUT2D eigenvalue weighted by Gasteiger charge is 2.10. The van der Waals surface area contributed by atoms with Crippen LogP contribution in [-0.4, -0.2) is 19.2 Å². The van der Waals surface area contributed by atoms with Crippen molar-refractivity contribution in [1.29, 1.82) is 0 Å². The molecule has 0 amide bonds. The summed E-state index contributed by atoms with van der Waals surface area (Å²) in [5, 5.41) is 4.75.